The highest BCUT2D eigenvalue weighted by molar-refractivity contribution is 9.10. The van der Waals surface area contributed by atoms with Gasteiger partial charge in [0.1, 0.15) is 0 Å². The molecule has 0 aliphatic heterocycles. The van der Waals surface area contributed by atoms with Crippen LogP contribution in [0.3, 0.4) is 0 Å². The molecular formula is C21H17BrF10N2O2S. The molecule has 37 heavy (non-hydrogen) atoms. The summed E-state index contributed by atoms with van der Waals surface area (Å²) in [6.07, 6.45) is -10.6. The number of hydrogen-bond donors (Lipinski definition) is 2. The average Bonchev–Trinajstić information content (AvgIpc) is 2.77. The Morgan fingerprint density at radius 3 is 2.24 bits per heavy atom. The van der Waals surface area contributed by atoms with Crippen LogP contribution in [0.15, 0.2) is 34.8 Å². The zero-order chi connectivity index (χ0) is 28.2. The van der Waals surface area contributed by atoms with Gasteiger partial charge in [0.25, 0.3) is 5.91 Å². The highest BCUT2D eigenvalue weighted by atomic mass is 79.9. The van der Waals surface area contributed by atoms with E-state index in [1.165, 1.54) is 12.1 Å². The number of hydrogen-bond acceptors (Lipinski definition) is 4. The summed E-state index contributed by atoms with van der Waals surface area (Å²) in [6, 6.07) is 3.29. The fourth-order valence-electron chi connectivity index (χ4n) is 3.04. The Labute approximate surface area is 216 Å². The first-order valence-electron chi connectivity index (χ1n) is 9.98. The van der Waals surface area contributed by atoms with E-state index in [0.29, 0.717) is 13.0 Å². The van der Waals surface area contributed by atoms with Gasteiger partial charge in [0.2, 0.25) is 0 Å². The lowest BCUT2D eigenvalue weighted by molar-refractivity contribution is -0.348. The molecule has 2 N–H and O–H groups in total. The molecule has 1 amide bonds. The Kier molecular flexibility index (Phi) is 10.0. The molecule has 0 aromatic heterocycles. The lowest BCUT2D eigenvalue weighted by Crippen LogP contribution is -2.50. The summed E-state index contributed by atoms with van der Waals surface area (Å²) in [5.74, 6) is -3.05. The largest absolute Gasteiger partial charge is 0.435 e. The second kappa shape index (κ2) is 12.0. The maximum atomic E-state index is 14.8. The Balaban J connectivity index is 2.51. The fraction of sp³-hybridized carbons (Fsp3) is 0.381. The summed E-state index contributed by atoms with van der Waals surface area (Å²) in [6.45, 7) is -3.46. The molecule has 0 unspecified atom stereocenters. The summed E-state index contributed by atoms with van der Waals surface area (Å²) >= 11 is 4.09. The minimum absolute atomic E-state index is 0.00496. The topological polar surface area (TPSA) is 50.4 Å². The first-order valence-corrected chi connectivity index (χ1v) is 12.2. The number of carbonyl (C=O) groups is 1. The number of benzene rings is 2. The molecule has 0 aliphatic rings. The van der Waals surface area contributed by atoms with E-state index in [1.807, 2.05) is 11.6 Å². The Hall–Kier alpha value is -2.36. The lowest BCUT2D eigenvalue weighted by atomic mass is 9.93. The highest BCUT2D eigenvalue weighted by Crippen LogP contribution is 2.55. The van der Waals surface area contributed by atoms with Gasteiger partial charge in [-0.05, 0) is 58.6 Å². The van der Waals surface area contributed by atoms with E-state index in [4.69, 9.17) is 0 Å². The van der Waals surface area contributed by atoms with Crippen LogP contribution >= 0.6 is 27.7 Å². The maximum absolute atomic E-state index is 14.8. The quantitative estimate of drug-likeness (QED) is 0.207. The van der Waals surface area contributed by atoms with Crippen LogP contribution in [0, 0.1) is 5.82 Å². The van der Waals surface area contributed by atoms with Gasteiger partial charge in [0.15, 0.2) is 11.6 Å². The molecule has 0 aliphatic carbocycles. The van der Waals surface area contributed by atoms with Gasteiger partial charge in [-0.2, -0.15) is 46.9 Å². The van der Waals surface area contributed by atoms with Crippen LogP contribution < -0.4 is 15.4 Å². The van der Waals surface area contributed by atoms with Gasteiger partial charge < -0.3 is 15.4 Å². The van der Waals surface area contributed by atoms with E-state index < -0.39 is 63.4 Å². The second-order valence-corrected chi connectivity index (χ2v) is 9.10. The van der Waals surface area contributed by atoms with Gasteiger partial charge in [0.05, 0.1) is 16.9 Å². The smallest absolute Gasteiger partial charge is 0.433 e. The van der Waals surface area contributed by atoms with Crippen LogP contribution in [-0.2, 0) is 5.67 Å². The molecule has 0 atom stereocenters. The molecular weight excluding hydrogens is 614 g/mol. The van der Waals surface area contributed by atoms with Crippen molar-refractivity contribution in [2.45, 2.75) is 31.1 Å². The van der Waals surface area contributed by atoms with E-state index in [1.54, 1.807) is 11.8 Å². The van der Waals surface area contributed by atoms with Crippen LogP contribution in [0.25, 0.3) is 0 Å². The molecule has 16 heteroatoms. The third-order valence-corrected chi connectivity index (χ3v) is 6.09. The van der Waals surface area contributed by atoms with Crippen molar-refractivity contribution in [1.82, 2.24) is 0 Å². The van der Waals surface area contributed by atoms with Crippen molar-refractivity contribution in [1.29, 1.82) is 0 Å². The van der Waals surface area contributed by atoms with Crippen molar-refractivity contribution in [2.75, 3.05) is 29.2 Å². The van der Waals surface area contributed by atoms with Crippen molar-refractivity contribution in [3.8, 4) is 5.75 Å². The van der Waals surface area contributed by atoms with Gasteiger partial charge in [-0.15, -0.1) is 0 Å². The molecule has 2 rings (SSSR count). The molecule has 0 saturated heterocycles. The van der Waals surface area contributed by atoms with Gasteiger partial charge in [-0.25, -0.2) is 8.78 Å². The monoisotopic (exact) mass is 630 g/mol. The zero-order valence-electron chi connectivity index (χ0n) is 18.5. The number of carbonyl (C=O) groups excluding carboxylic acids is 1. The van der Waals surface area contributed by atoms with E-state index >= 15 is 0 Å². The van der Waals surface area contributed by atoms with Gasteiger partial charge >= 0.3 is 24.6 Å². The van der Waals surface area contributed by atoms with Gasteiger partial charge in [-0.3, -0.25) is 4.79 Å². The first-order chi connectivity index (χ1) is 17.0. The Morgan fingerprint density at radius 1 is 1.08 bits per heavy atom. The SMILES string of the molecule is CSCCCNc1cccc(C(=O)Nc2c(Br)cc(C(F)(C(F)(F)F)C(F)(F)F)cc2OC(F)F)c1F. The summed E-state index contributed by atoms with van der Waals surface area (Å²) in [5, 5.41) is 4.65. The highest BCUT2D eigenvalue weighted by Gasteiger charge is 2.73. The number of rotatable bonds is 10. The second-order valence-electron chi connectivity index (χ2n) is 7.26. The molecule has 0 saturated carbocycles. The average molecular weight is 631 g/mol. The first kappa shape index (κ1) is 30.9. The number of halogens is 11. The Morgan fingerprint density at radius 2 is 1.70 bits per heavy atom. The predicted molar refractivity (Wildman–Crippen MR) is 122 cm³/mol. The molecule has 0 spiro atoms. The number of nitrogens with one attached hydrogen (secondary N) is 2. The van der Waals surface area contributed by atoms with Crippen LogP contribution in [0.5, 0.6) is 5.75 Å². The van der Waals surface area contributed by atoms with Gasteiger partial charge in [-0.1, -0.05) is 6.07 Å². The third kappa shape index (κ3) is 6.94. The summed E-state index contributed by atoms with van der Waals surface area (Å²) in [7, 11) is 0. The minimum Gasteiger partial charge on any atom is -0.433 e. The lowest BCUT2D eigenvalue weighted by Gasteiger charge is -2.31. The van der Waals surface area contributed by atoms with E-state index in [2.05, 4.69) is 26.0 Å². The molecule has 0 radical (unpaired) electrons. The molecule has 206 valence electrons. The van der Waals surface area contributed by atoms with Crippen molar-refractivity contribution in [2.24, 2.45) is 0 Å². The molecule has 4 nitrogen and oxygen atoms in total. The summed E-state index contributed by atoms with van der Waals surface area (Å²) in [4.78, 5) is 12.7. The molecule has 0 fully saturated rings. The van der Waals surface area contributed by atoms with Crippen molar-refractivity contribution in [3.05, 3.63) is 51.7 Å². The molecule has 0 heterocycles. The molecule has 0 bridgehead atoms. The number of alkyl halides is 9. The summed E-state index contributed by atoms with van der Waals surface area (Å²) in [5.41, 5.74) is -9.73. The normalized spacial score (nSPS) is 12.6. The number of ether oxygens (including phenoxy) is 1. The number of anilines is 2. The number of amides is 1. The zero-order valence-corrected chi connectivity index (χ0v) is 20.9. The predicted octanol–water partition coefficient (Wildman–Crippen LogP) is 7.90. The van der Waals surface area contributed by atoms with Crippen molar-refractivity contribution < 1.29 is 53.4 Å². The molecule has 2 aromatic carbocycles. The van der Waals surface area contributed by atoms with Crippen LogP contribution in [-0.4, -0.2) is 43.4 Å². The van der Waals surface area contributed by atoms with Crippen LogP contribution in [0.4, 0.5) is 55.3 Å². The van der Waals surface area contributed by atoms with E-state index in [9.17, 15) is 48.7 Å². The van der Waals surface area contributed by atoms with E-state index in [0.717, 1.165) is 11.8 Å². The van der Waals surface area contributed by atoms with Crippen molar-refractivity contribution in [3.63, 3.8) is 0 Å². The number of thioether (sulfide) groups is 1. The maximum Gasteiger partial charge on any atom is 0.435 e. The summed E-state index contributed by atoms with van der Waals surface area (Å²) < 4.78 is 137. The molecule has 2 aromatic rings. The van der Waals surface area contributed by atoms with Gasteiger partial charge in [0, 0.05) is 16.6 Å². The van der Waals surface area contributed by atoms with Crippen LogP contribution in [0.2, 0.25) is 0 Å². The fourth-order valence-corrected chi connectivity index (χ4v) is 4.02. The standard InChI is InChI=1S/C21H17BrF10N2O2S/c1-37-7-3-6-33-13-5-2-4-11(15(13)23)17(35)34-16-12(22)8-10(9-14(16)36-18(24)25)19(26,20(27,28)29)21(30,31)32/h2,4-5,8-9,18,33H,3,6-7H2,1H3,(H,34,35). The van der Waals surface area contributed by atoms with Crippen LogP contribution in [0.1, 0.15) is 22.3 Å². The van der Waals surface area contributed by atoms with Crippen molar-refractivity contribution >= 4 is 45.0 Å². The minimum atomic E-state index is -6.54. The Bertz CT molecular complexity index is 1100. The van der Waals surface area contributed by atoms with E-state index in [-0.39, 0.29) is 17.8 Å². The third-order valence-electron chi connectivity index (χ3n) is 4.77.